The van der Waals surface area contributed by atoms with Crippen molar-refractivity contribution in [3.8, 4) is 0 Å². The fraction of sp³-hybridized carbons (Fsp3) is 0.400. The number of hydrogen-bond acceptors (Lipinski definition) is 3. The fourth-order valence-corrected chi connectivity index (χ4v) is 2.16. The van der Waals surface area contributed by atoms with Crippen molar-refractivity contribution in [1.82, 2.24) is 0 Å². The summed E-state index contributed by atoms with van der Waals surface area (Å²) < 4.78 is 5.42. The van der Waals surface area contributed by atoms with Crippen molar-refractivity contribution in [2.24, 2.45) is 0 Å². The molecule has 0 spiro atoms. The van der Waals surface area contributed by atoms with Gasteiger partial charge in [0.05, 0.1) is 0 Å². The first kappa shape index (κ1) is 13.7. The molecule has 19 heavy (non-hydrogen) atoms. The van der Waals surface area contributed by atoms with Gasteiger partial charge < -0.3 is 9.73 Å². The summed E-state index contributed by atoms with van der Waals surface area (Å²) in [6.45, 7) is 8.34. The third kappa shape index (κ3) is 3.40. The molecule has 1 heterocycles. The Morgan fingerprint density at radius 1 is 1.16 bits per heavy atom. The van der Waals surface area contributed by atoms with Crippen molar-refractivity contribution in [1.29, 1.82) is 0 Å². The maximum absolute atomic E-state index is 11.9. The van der Waals surface area contributed by atoms with Crippen molar-refractivity contribution in [2.45, 2.75) is 39.6 Å². The Hall–Kier alpha value is -1.71. The second-order valence-corrected chi connectivity index (χ2v) is 5.71. The summed E-state index contributed by atoms with van der Waals surface area (Å²) in [5, 5.41) is 4.28. The van der Waals surface area contributed by atoms with Crippen molar-refractivity contribution in [3.05, 3.63) is 34.7 Å². The van der Waals surface area contributed by atoms with E-state index in [1.807, 2.05) is 24.3 Å². The molecule has 0 bridgehead atoms. The zero-order valence-electron chi connectivity index (χ0n) is 12.0. The van der Waals surface area contributed by atoms with E-state index >= 15 is 0 Å². The van der Waals surface area contributed by atoms with Gasteiger partial charge in [0, 0.05) is 28.6 Å². The van der Waals surface area contributed by atoms with E-state index in [4.69, 9.17) is 4.42 Å². The van der Waals surface area contributed by atoms with Crippen molar-refractivity contribution >= 4 is 29.4 Å². The van der Waals surface area contributed by atoms with Crippen LogP contribution in [0.3, 0.4) is 0 Å². The maximum Gasteiger partial charge on any atom is 0.330 e. The van der Waals surface area contributed by atoms with E-state index < -0.39 is 0 Å². The van der Waals surface area contributed by atoms with Crippen LogP contribution in [0.4, 0.5) is 5.69 Å². The van der Waals surface area contributed by atoms with Crippen LogP contribution < -0.4 is 16.4 Å². The lowest BCUT2D eigenvalue weighted by Gasteiger charge is -2.10. The van der Waals surface area contributed by atoms with Crippen molar-refractivity contribution in [2.75, 3.05) is 5.32 Å². The second-order valence-electron chi connectivity index (χ2n) is 5.71. The molecule has 0 atom stereocenters. The van der Waals surface area contributed by atoms with Gasteiger partial charge in [-0.05, 0) is 26.0 Å². The van der Waals surface area contributed by atoms with E-state index in [0.717, 1.165) is 23.8 Å². The van der Waals surface area contributed by atoms with E-state index in [-0.39, 0.29) is 5.63 Å². The fourth-order valence-electron chi connectivity index (χ4n) is 2.16. The summed E-state index contributed by atoms with van der Waals surface area (Å²) in [7, 11) is 0.754. The Kier molecular flexibility index (Phi) is 3.98. The Balaban J connectivity index is 2.43. The van der Waals surface area contributed by atoms with E-state index in [1.165, 1.54) is 0 Å². The molecule has 0 fully saturated rings. The molecule has 100 valence electrons. The highest BCUT2D eigenvalue weighted by Crippen LogP contribution is 2.18. The molecule has 1 N–H and O–H groups in total. The maximum atomic E-state index is 11.9. The van der Waals surface area contributed by atoms with Crippen LogP contribution in [0.25, 0.3) is 11.0 Å². The summed E-state index contributed by atoms with van der Waals surface area (Å²) in [6, 6.07) is 8.19. The monoisotopic (exact) mass is 257 g/mol. The first-order valence-electron chi connectivity index (χ1n) is 6.79. The molecule has 2 aromatic rings. The molecule has 0 radical (unpaired) electrons. The van der Waals surface area contributed by atoms with Gasteiger partial charge in [-0.3, -0.25) is 0 Å². The zero-order valence-corrected chi connectivity index (χ0v) is 12.0. The van der Waals surface area contributed by atoms with Gasteiger partial charge in [-0.2, -0.15) is 0 Å². The minimum atomic E-state index is -0.220. The van der Waals surface area contributed by atoms with Gasteiger partial charge in [-0.25, -0.2) is 4.79 Å². The van der Waals surface area contributed by atoms with Crippen LogP contribution in [0.15, 0.2) is 33.5 Å². The lowest BCUT2D eigenvalue weighted by atomic mass is 9.61. The lowest BCUT2D eigenvalue weighted by Crippen LogP contribution is -2.31. The topological polar surface area (TPSA) is 42.2 Å². The molecule has 1 aromatic heterocycles. The van der Waals surface area contributed by atoms with Crippen LogP contribution in [-0.2, 0) is 0 Å². The van der Waals surface area contributed by atoms with E-state index in [0.29, 0.717) is 17.4 Å². The first-order valence-corrected chi connectivity index (χ1v) is 6.79. The highest BCUT2D eigenvalue weighted by atomic mass is 16.4. The molecule has 0 amide bonds. The van der Waals surface area contributed by atoms with Gasteiger partial charge in [-0.15, -0.1) is 0 Å². The molecule has 3 nitrogen and oxygen atoms in total. The summed E-state index contributed by atoms with van der Waals surface area (Å²) >= 11 is 0. The van der Waals surface area contributed by atoms with Gasteiger partial charge >= 0.3 is 5.63 Å². The largest absolute Gasteiger partial charge is 0.423 e. The Labute approximate surface area is 114 Å². The van der Waals surface area contributed by atoms with E-state index in [9.17, 15) is 4.79 Å². The minimum absolute atomic E-state index is 0.220. The highest BCUT2D eigenvalue weighted by Gasteiger charge is 2.09. The normalized spacial score (nSPS) is 11.3. The summed E-state index contributed by atoms with van der Waals surface area (Å²) in [5.41, 5.74) is 2.15. The quantitative estimate of drug-likeness (QED) is 0.676. The first-order chi connectivity index (χ1) is 8.95. The molecule has 0 unspecified atom stereocenters. The Bertz CT molecular complexity index is 632. The molecule has 0 aliphatic rings. The molecule has 0 aliphatic heterocycles. The van der Waals surface area contributed by atoms with Crippen LogP contribution in [-0.4, -0.2) is 13.3 Å². The molecule has 1 aromatic carbocycles. The molecular weight excluding hydrogens is 237 g/mol. The highest BCUT2D eigenvalue weighted by molar-refractivity contribution is 6.54. The number of hydrogen-bond donors (Lipinski definition) is 1. The van der Waals surface area contributed by atoms with E-state index in [1.54, 1.807) is 0 Å². The predicted molar refractivity (Wildman–Crippen MR) is 83.1 cm³/mol. The number of rotatable bonds is 4. The smallest absolute Gasteiger partial charge is 0.330 e. The summed E-state index contributed by atoms with van der Waals surface area (Å²) in [5.74, 6) is 0.447. The average Bonchev–Trinajstić information content (AvgIpc) is 2.29. The third-order valence-corrected chi connectivity index (χ3v) is 2.89. The number of anilines is 1. The van der Waals surface area contributed by atoms with Crippen LogP contribution >= 0.6 is 0 Å². The average molecular weight is 257 g/mol. The molecular formula is C15H20BNO2. The Morgan fingerprint density at radius 2 is 1.89 bits per heavy atom. The molecule has 0 aliphatic carbocycles. The van der Waals surface area contributed by atoms with Gasteiger partial charge in [0.2, 0.25) is 0 Å². The SMILES string of the molecule is CC(C)Bc1cc2ccc(NC(C)C)cc2oc1=O. The number of fused-ring (bicyclic) bond motifs is 1. The summed E-state index contributed by atoms with van der Waals surface area (Å²) in [4.78, 5) is 11.9. The van der Waals surface area contributed by atoms with Gasteiger partial charge in [0.15, 0.2) is 7.28 Å². The third-order valence-electron chi connectivity index (χ3n) is 2.89. The standard InChI is InChI=1S/C15H20BNO2/c1-9(2)16-13-7-11-5-6-12(17-10(3)4)8-14(11)19-15(13)18/h5-10,16-17H,1-4H3. The molecule has 4 heteroatoms. The van der Waals surface area contributed by atoms with Crippen LogP contribution in [0.1, 0.15) is 27.7 Å². The van der Waals surface area contributed by atoms with Crippen molar-refractivity contribution in [3.63, 3.8) is 0 Å². The van der Waals surface area contributed by atoms with Crippen LogP contribution in [0.2, 0.25) is 5.82 Å². The number of nitrogens with one attached hydrogen (secondary N) is 1. The minimum Gasteiger partial charge on any atom is -0.423 e. The summed E-state index contributed by atoms with van der Waals surface area (Å²) in [6.07, 6.45) is 0. The lowest BCUT2D eigenvalue weighted by molar-refractivity contribution is 0.566. The molecule has 0 saturated carbocycles. The zero-order chi connectivity index (χ0) is 14.0. The number of benzene rings is 1. The van der Waals surface area contributed by atoms with Gasteiger partial charge in [-0.1, -0.05) is 25.7 Å². The van der Waals surface area contributed by atoms with Gasteiger partial charge in [0.25, 0.3) is 0 Å². The van der Waals surface area contributed by atoms with Crippen molar-refractivity contribution < 1.29 is 4.42 Å². The second kappa shape index (κ2) is 5.51. The van der Waals surface area contributed by atoms with Crippen LogP contribution in [0, 0.1) is 0 Å². The predicted octanol–water partition coefficient (Wildman–Crippen LogP) is 2.50. The molecule has 2 rings (SSSR count). The van der Waals surface area contributed by atoms with E-state index in [2.05, 4.69) is 33.0 Å². The van der Waals surface area contributed by atoms with Crippen LogP contribution in [0.5, 0.6) is 0 Å². The van der Waals surface area contributed by atoms with Gasteiger partial charge in [0.1, 0.15) is 5.58 Å². The Morgan fingerprint density at radius 3 is 2.53 bits per heavy atom. The molecule has 0 saturated heterocycles.